The molecule has 0 saturated heterocycles. The number of ether oxygens (including phenoxy) is 1. The SMILES string of the molecule is CN(C)CCN(CC(=O)O)Cc1cc(Br)cc2c1OCC2. The van der Waals surface area contributed by atoms with Crippen LogP contribution in [0, 0.1) is 0 Å². The standard InChI is InChI=1S/C15H21BrN2O3/c1-17(2)4-5-18(10-14(19)20)9-12-8-13(16)7-11-3-6-21-15(11)12/h7-8H,3-6,9-10H2,1-2H3,(H,19,20). The van der Waals surface area contributed by atoms with E-state index >= 15 is 0 Å². The fraction of sp³-hybridized carbons (Fsp3) is 0.533. The molecule has 0 atom stereocenters. The van der Waals surface area contributed by atoms with Crippen molar-refractivity contribution < 1.29 is 14.6 Å². The lowest BCUT2D eigenvalue weighted by atomic mass is 10.1. The number of hydrogen-bond donors (Lipinski definition) is 1. The van der Waals surface area contributed by atoms with Crippen LogP contribution in [0.3, 0.4) is 0 Å². The summed E-state index contributed by atoms with van der Waals surface area (Å²) in [5.74, 6) is 0.125. The molecule has 0 spiro atoms. The topological polar surface area (TPSA) is 53.0 Å². The molecular weight excluding hydrogens is 336 g/mol. The average molecular weight is 357 g/mol. The van der Waals surface area contributed by atoms with E-state index in [1.807, 2.05) is 25.1 Å². The minimum absolute atomic E-state index is 0.0368. The molecule has 0 radical (unpaired) electrons. The van der Waals surface area contributed by atoms with Gasteiger partial charge in [-0.15, -0.1) is 0 Å². The number of rotatable bonds is 7. The van der Waals surface area contributed by atoms with Crippen LogP contribution in [-0.4, -0.2) is 61.2 Å². The highest BCUT2D eigenvalue weighted by Crippen LogP contribution is 2.33. The van der Waals surface area contributed by atoms with Gasteiger partial charge in [0.1, 0.15) is 5.75 Å². The molecule has 21 heavy (non-hydrogen) atoms. The van der Waals surface area contributed by atoms with Crippen LogP contribution in [0.2, 0.25) is 0 Å². The van der Waals surface area contributed by atoms with Gasteiger partial charge in [-0.2, -0.15) is 0 Å². The van der Waals surface area contributed by atoms with E-state index in [9.17, 15) is 4.79 Å². The van der Waals surface area contributed by atoms with Gasteiger partial charge in [-0.3, -0.25) is 9.69 Å². The molecule has 0 aromatic heterocycles. The van der Waals surface area contributed by atoms with Crippen LogP contribution in [-0.2, 0) is 17.8 Å². The van der Waals surface area contributed by atoms with E-state index in [2.05, 4.69) is 26.9 Å². The maximum Gasteiger partial charge on any atom is 0.317 e. The Morgan fingerprint density at radius 3 is 2.81 bits per heavy atom. The van der Waals surface area contributed by atoms with Crippen molar-refractivity contribution in [1.29, 1.82) is 0 Å². The number of nitrogens with zero attached hydrogens (tertiary/aromatic N) is 2. The van der Waals surface area contributed by atoms with Crippen LogP contribution in [0.25, 0.3) is 0 Å². The summed E-state index contributed by atoms with van der Waals surface area (Å²) in [7, 11) is 3.97. The van der Waals surface area contributed by atoms with Crippen LogP contribution in [0.5, 0.6) is 5.75 Å². The van der Waals surface area contributed by atoms with Gasteiger partial charge in [-0.05, 0) is 31.8 Å². The Bertz CT molecular complexity index is 520. The Hall–Kier alpha value is -1.11. The lowest BCUT2D eigenvalue weighted by Crippen LogP contribution is -2.35. The van der Waals surface area contributed by atoms with E-state index in [1.165, 1.54) is 5.56 Å². The summed E-state index contributed by atoms with van der Waals surface area (Å²) in [4.78, 5) is 15.0. The van der Waals surface area contributed by atoms with E-state index in [-0.39, 0.29) is 6.54 Å². The van der Waals surface area contributed by atoms with Crippen molar-refractivity contribution in [3.8, 4) is 5.75 Å². The van der Waals surface area contributed by atoms with Crippen LogP contribution in [0.15, 0.2) is 16.6 Å². The minimum Gasteiger partial charge on any atom is -0.493 e. The summed E-state index contributed by atoms with van der Waals surface area (Å²) in [6, 6.07) is 4.10. The molecule has 1 aromatic carbocycles. The predicted molar refractivity (Wildman–Crippen MR) is 84.8 cm³/mol. The molecule has 0 amide bonds. The molecule has 0 aliphatic carbocycles. The highest BCUT2D eigenvalue weighted by molar-refractivity contribution is 9.10. The van der Waals surface area contributed by atoms with Gasteiger partial charge in [0.15, 0.2) is 0 Å². The summed E-state index contributed by atoms with van der Waals surface area (Å²) >= 11 is 3.52. The van der Waals surface area contributed by atoms with E-state index < -0.39 is 5.97 Å². The molecule has 0 unspecified atom stereocenters. The maximum absolute atomic E-state index is 11.0. The number of halogens is 1. The van der Waals surface area contributed by atoms with Crippen molar-refractivity contribution in [2.24, 2.45) is 0 Å². The Balaban J connectivity index is 2.14. The first kappa shape index (κ1) is 16.3. The summed E-state index contributed by atoms with van der Waals surface area (Å²) in [6.45, 7) is 2.86. The molecule has 5 nitrogen and oxygen atoms in total. The van der Waals surface area contributed by atoms with Crippen LogP contribution in [0.4, 0.5) is 0 Å². The van der Waals surface area contributed by atoms with E-state index in [1.54, 1.807) is 0 Å². The fourth-order valence-electron chi connectivity index (χ4n) is 2.45. The third-order valence-electron chi connectivity index (χ3n) is 3.44. The Morgan fingerprint density at radius 2 is 2.14 bits per heavy atom. The maximum atomic E-state index is 11.0. The molecule has 0 fully saturated rings. The quantitative estimate of drug-likeness (QED) is 0.807. The second kappa shape index (κ2) is 7.24. The number of fused-ring (bicyclic) bond motifs is 1. The largest absolute Gasteiger partial charge is 0.493 e. The summed E-state index contributed by atoms with van der Waals surface area (Å²) in [5.41, 5.74) is 2.25. The van der Waals surface area contributed by atoms with Gasteiger partial charge in [0.25, 0.3) is 0 Å². The first-order valence-electron chi connectivity index (χ1n) is 6.98. The fourth-order valence-corrected chi connectivity index (χ4v) is 3.00. The van der Waals surface area contributed by atoms with Crippen molar-refractivity contribution in [3.05, 3.63) is 27.7 Å². The average Bonchev–Trinajstić information content (AvgIpc) is 2.83. The number of carbonyl (C=O) groups is 1. The van der Waals surface area contributed by atoms with Crippen molar-refractivity contribution >= 4 is 21.9 Å². The Kier molecular flexibility index (Phi) is 5.61. The number of carboxylic acids is 1. The number of hydrogen-bond acceptors (Lipinski definition) is 4. The normalized spacial score (nSPS) is 13.6. The third-order valence-corrected chi connectivity index (χ3v) is 3.90. The summed E-state index contributed by atoms with van der Waals surface area (Å²) < 4.78 is 6.73. The number of likely N-dealkylation sites (N-methyl/N-ethyl adjacent to an activating group) is 1. The molecule has 2 rings (SSSR count). The zero-order valence-electron chi connectivity index (χ0n) is 12.4. The van der Waals surface area contributed by atoms with Gasteiger partial charge in [0.05, 0.1) is 13.2 Å². The molecular formula is C15H21BrN2O3. The number of benzene rings is 1. The number of aliphatic carboxylic acids is 1. The van der Waals surface area contributed by atoms with E-state index in [0.717, 1.165) is 28.8 Å². The second-order valence-electron chi connectivity index (χ2n) is 5.56. The van der Waals surface area contributed by atoms with Crippen LogP contribution < -0.4 is 4.74 Å². The molecule has 6 heteroatoms. The van der Waals surface area contributed by atoms with E-state index in [0.29, 0.717) is 19.7 Å². The van der Waals surface area contributed by atoms with Gasteiger partial charge >= 0.3 is 5.97 Å². The van der Waals surface area contributed by atoms with Gasteiger partial charge in [-0.1, -0.05) is 15.9 Å². The minimum atomic E-state index is -0.804. The highest BCUT2D eigenvalue weighted by atomic mass is 79.9. The first-order valence-corrected chi connectivity index (χ1v) is 7.78. The molecule has 1 aliphatic rings. The van der Waals surface area contributed by atoms with E-state index in [4.69, 9.17) is 9.84 Å². The van der Waals surface area contributed by atoms with Crippen molar-refractivity contribution in [3.63, 3.8) is 0 Å². The Morgan fingerprint density at radius 1 is 1.38 bits per heavy atom. The Labute approximate surface area is 133 Å². The first-order chi connectivity index (χ1) is 9.95. The lowest BCUT2D eigenvalue weighted by molar-refractivity contribution is -0.138. The predicted octanol–water partition coefficient (Wildman–Crippen LogP) is 1.83. The van der Waals surface area contributed by atoms with Gasteiger partial charge < -0.3 is 14.7 Å². The van der Waals surface area contributed by atoms with Gasteiger partial charge in [-0.25, -0.2) is 0 Å². The third kappa shape index (κ3) is 4.69. The monoisotopic (exact) mass is 356 g/mol. The summed E-state index contributed by atoms with van der Waals surface area (Å²) in [6.07, 6.45) is 0.915. The molecule has 0 bridgehead atoms. The molecule has 1 aromatic rings. The number of carboxylic acid groups (broad SMARTS) is 1. The van der Waals surface area contributed by atoms with Crippen molar-refractivity contribution in [2.75, 3.05) is 40.3 Å². The molecule has 0 saturated carbocycles. The summed E-state index contributed by atoms with van der Waals surface area (Å²) in [5, 5.41) is 9.08. The van der Waals surface area contributed by atoms with Crippen molar-refractivity contribution in [2.45, 2.75) is 13.0 Å². The zero-order chi connectivity index (χ0) is 15.4. The van der Waals surface area contributed by atoms with Crippen LogP contribution in [0.1, 0.15) is 11.1 Å². The molecule has 116 valence electrons. The smallest absolute Gasteiger partial charge is 0.317 e. The van der Waals surface area contributed by atoms with Gasteiger partial charge in [0.2, 0.25) is 0 Å². The zero-order valence-corrected chi connectivity index (χ0v) is 14.0. The lowest BCUT2D eigenvalue weighted by Gasteiger charge is -2.23. The van der Waals surface area contributed by atoms with Crippen molar-refractivity contribution in [1.82, 2.24) is 9.80 Å². The second-order valence-corrected chi connectivity index (χ2v) is 6.47. The molecule has 1 N–H and O–H groups in total. The van der Waals surface area contributed by atoms with Gasteiger partial charge in [0, 0.05) is 36.1 Å². The highest BCUT2D eigenvalue weighted by Gasteiger charge is 2.20. The molecule has 1 heterocycles. The molecule has 1 aliphatic heterocycles. The van der Waals surface area contributed by atoms with Crippen LogP contribution >= 0.6 is 15.9 Å².